The van der Waals surface area contributed by atoms with Crippen molar-refractivity contribution >= 4 is 16.9 Å². The van der Waals surface area contributed by atoms with Crippen molar-refractivity contribution in [2.45, 2.75) is 19.4 Å². The number of rotatable bonds is 3. The monoisotopic (exact) mass is 245 g/mol. The Bertz CT molecular complexity index is 582. The maximum atomic E-state index is 10.9. The predicted octanol–water partition coefficient (Wildman–Crippen LogP) is 2.73. The smallest absolute Gasteiger partial charge is 0.335 e. The van der Waals surface area contributed by atoms with Crippen LogP contribution >= 0.6 is 0 Å². The van der Waals surface area contributed by atoms with Gasteiger partial charge in [0.05, 0.1) is 12.1 Å². The van der Waals surface area contributed by atoms with Gasteiger partial charge in [-0.1, -0.05) is 0 Å². The van der Waals surface area contributed by atoms with Gasteiger partial charge in [-0.2, -0.15) is 0 Å². The molecule has 0 amide bonds. The lowest BCUT2D eigenvalue weighted by atomic mass is 10.1. The van der Waals surface area contributed by atoms with Crippen molar-refractivity contribution < 1.29 is 14.3 Å². The van der Waals surface area contributed by atoms with Gasteiger partial charge in [-0.15, -0.1) is 0 Å². The van der Waals surface area contributed by atoms with Gasteiger partial charge in [0.2, 0.25) is 0 Å². The number of carbonyl (C=O) groups is 1. The third kappa shape index (κ3) is 2.11. The van der Waals surface area contributed by atoms with Gasteiger partial charge < -0.3 is 9.52 Å². The zero-order chi connectivity index (χ0) is 12.5. The Kier molecular flexibility index (Phi) is 2.80. The molecule has 2 aromatic rings. The van der Waals surface area contributed by atoms with Gasteiger partial charge in [-0.3, -0.25) is 4.90 Å². The number of aromatic carboxylic acids is 1. The van der Waals surface area contributed by atoms with Crippen molar-refractivity contribution in [1.29, 1.82) is 0 Å². The fourth-order valence-corrected chi connectivity index (χ4v) is 2.47. The molecule has 4 nitrogen and oxygen atoms in total. The van der Waals surface area contributed by atoms with E-state index < -0.39 is 5.97 Å². The largest absolute Gasteiger partial charge is 0.478 e. The van der Waals surface area contributed by atoms with E-state index in [1.807, 2.05) is 6.07 Å². The highest BCUT2D eigenvalue weighted by Crippen LogP contribution is 2.23. The molecule has 2 heterocycles. The number of carboxylic acids is 1. The highest BCUT2D eigenvalue weighted by atomic mass is 16.4. The summed E-state index contributed by atoms with van der Waals surface area (Å²) < 4.78 is 5.73. The molecule has 0 radical (unpaired) electrons. The summed E-state index contributed by atoms with van der Waals surface area (Å²) in [6.45, 7) is 3.06. The van der Waals surface area contributed by atoms with Crippen LogP contribution in [0.25, 0.3) is 11.0 Å². The summed E-state index contributed by atoms with van der Waals surface area (Å²) in [4.78, 5) is 13.2. The van der Waals surface area contributed by atoms with E-state index in [-0.39, 0.29) is 0 Å². The third-order valence-electron chi connectivity index (χ3n) is 3.39. The molecular formula is C14H15NO3. The Balaban J connectivity index is 1.87. The molecule has 94 valence electrons. The molecule has 1 fully saturated rings. The summed E-state index contributed by atoms with van der Waals surface area (Å²) in [5, 5.41) is 9.81. The Labute approximate surface area is 105 Å². The van der Waals surface area contributed by atoms with Crippen LogP contribution in [0.4, 0.5) is 0 Å². The number of fused-ring (bicyclic) bond motifs is 1. The number of likely N-dealkylation sites (tertiary alicyclic amines) is 1. The van der Waals surface area contributed by atoms with Gasteiger partial charge in [-0.25, -0.2) is 4.79 Å². The molecule has 0 spiro atoms. The fraction of sp³-hybridized carbons (Fsp3) is 0.357. The van der Waals surface area contributed by atoms with E-state index in [1.54, 1.807) is 18.2 Å². The molecule has 1 saturated heterocycles. The lowest BCUT2D eigenvalue weighted by Crippen LogP contribution is -2.17. The second-order valence-corrected chi connectivity index (χ2v) is 4.75. The predicted molar refractivity (Wildman–Crippen MR) is 67.7 cm³/mol. The van der Waals surface area contributed by atoms with E-state index in [4.69, 9.17) is 9.52 Å². The molecule has 3 rings (SSSR count). The normalized spacial score (nSPS) is 16.4. The van der Waals surface area contributed by atoms with Crippen LogP contribution in [0.2, 0.25) is 0 Å². The van der Waals surface area contributed by atoms with Gasteiger partial charge >= 0.3 is 5.97 Å². The first-order valence-electron chi connectivity index (χ1n) is 6.20. The van der Waals surface area contributed by atoms with Crippen LogP contribution in [0.3, 0.4) is 0 Å². The number of carboxylic acid groups (broad SMARTS) is 1. The summed E-state index contributed by atoms with van der Waals surface area (Å²) in [5.74, 6) is 0.00799. The molecule has 1 aliphatic heterocycles. The average Bonchev–Trinajstić information content (AvgIpc) is 2.96. The Morgan fingerprint density at radius 1 is 1.28 bits per heavy atom. The molecule has 18 heavy (non-hydrogen) atoms. The molecule has 0 saturated carbocycles. The molecule has 0 bridgehead atoms. The number of hydrogen-bond donors (Lipinski definition) is 1. The maximum Gasteiger partial charge on any atom is 0.335 e. The Morgan fingerprint density at radius 3 is 2.78 bits per heavy atom. The first-order valence-corrected chi connectivity index (χ1v) is 6.20. The van der Waals surface area contributed by atoms with E-state index in [9.17, 15) is 4.79 Å². The second-order valence-electron chi connectivity index (χ2n) is 4.75. The van der Waals surface area contributed by atoms with Crippen LogP contribution < -0.4 is 0 Å². The van der Waals surface area contributed by atoms with Crippen molar-refractivity contribution in [2.75, 3.05) is 13.1 Å². The summed E-state index contributed by atoms with van der Waals surface area (Å²) in [6.07, 6.45) is 2.51. The van der Waals surface area contributed by atoms with Gasteiger partial charge in [-0.05, 0) is 50.2 Å². The van der Waals surface area contributed by atoms with Crippen molar-refractivity contribution in [3.05, 3.63) is 35.6 Å². The van der Waals surface area contributed by atoms with Crippen LogP contribution in [0, 0.1) is 0 Å². The van der Waals surface area contributed by atoms with E-state index in [0.717, 1.165) is 36.4 Å². The number of benzene rings is 1. The molecule has 1 aromatic heterocycles. The Hall–Kier alpha value is -1.81. The molecular weight excluding hydrogens is 230 g/mol. The molecule has 4 heteroatoms. The first kappa shape index (κ1) is 11.3. The number of hydrogen-bond acceptors (Lipinski definition) is 3. The van der Waals surface area contributed by atoms with Crippen LogP contribution in [0.1, 0.15) is 29.0 Å². The molecule has 0 aliphatic carbocycles. The highest BCUT2D eigenvalue weighted by molar-refractivity contribution is 5.93. The number of nitrogens with zero attached hydrogens (tertiary/aromatic N) is 1. The van der Waals surface area contributed by atoms with Crippen molar-refractivity contribution in [2.24, 2.45) is 0 Å². The molecule has 1 N–H and O–H groups in total. The minimum atomic E-state index is -0.904. The van der Waals surface area contributed by atoms with Crippen LogP contribution in [0.5, 0.6) is 0 Å². The summed E-state index contributed by atoms with van der Waals surface area (Å²) >= 11 is 0. The minimum absolute atomic E-state index is 0.302. The topological polar surface area (TPSA) is 53.7 Å². The maximum absolute atomic E-state index is 10.9. The van der Waals surface area contributed by atoms with Gasteiger partial charge in [0.1, 0.15) is 11.3 Å². The molecule has 0 unspecified atom stereocenters. The zero-order valence-electron chi connectivity index (χ0n) is 10.1. The lowest BCUT2D eigenvalue weighted by molar-refractivity contribution is 0.0697. The van der Waals surface area contributed by atoms with Crippen molar-refractivity contribution in [1.82, 2.24) is 4.90 Å². The van der Waals surface area contributed by atoms with Gasteiger partial charge in [0, 0.05) is 5.39 Å². The van der Waals surface area contributed by atoms with Gasteiger partial charge in [0.25, 0.3) is 0 Å². The fourth-order valence-electron chi connectivity index (χ4n) is 2.47. The van der Waals surface area contributed by atoms with Crippen molar-refractivity contribution in [3.63, 3.8) is 0 Å². The quantitative estimate of drug-likeness (QED) is 0.903. The van der Waals surface area contributed by atoms with Gasteiger partial charge in [0.15, 0.2) is 0 Å². The molecule has 1 aromatic carbocycles. The van der Waals surface area contributed by atoms with Crippen molar-refractivity contribution in [3.8, 4) is 0 Å². The van der Waals surface area contributed by atoms with E-state index >= 15 is 0 Å². The number of furan rings is 1. The van der Waals surface area contributed by atoms with Crippen LogP contribution in [-0.4, -0.2) is 29.1 Å². The van der Waals surface area contributed by atoms with E-state index in [0.29, 0.717) is 5.56 Å². The average molecular weight is 245 g/mol. The Morgan fingerprint density at radius 2 is 2.06 bits per heavy atom. The second kappa shape index (κ2) is 4.46. The summed E-state index contributed by atoms with van der Waals surface area (Å²) in [5.41, 5.74) is 1.06. The third-order valence-corrected chi connectivity index (χ3v) is 3.39. The first-order chi connectivity index (χ1) is 8.72. The van der Waals surface area contributed by atoms with Crippen LogP contribution in [0.15, 0.2) is 28.7 Å². The lowest BCUT2D eigenvalue weighted by Gasteiger charge is -2.11. The standard InChI is InChI=1S/C14H15NO3/c16-14(17)10-3-4-13-11(7-10)8-12(18-13)9-15-5-1-2-6-15/h3-4,7-8H,1-2,5-6,9H2,(H,16,17). The summed E-state index contributed by atoms with van der Waals surface area (Å²) in [6, 6.07) is 6.91. The summed E-state index contributed by atoms with van der Waals surface area (Å²) in [7, 11) is 0. The zero-order valence-corrected chi connectivity index (χ0v) is 10.1. The van der Waals surface area contributed by atoms with E-state index in [1.165, 1.54) is 12.8 Å². The highest BCUT2D eigenvalue weighted by Gasteiger charge is 2.14. The molecule has 1 aliphatic rings. The van der Waals surface area contributed by atoms with E-state index in [2.05, 4.69) is 4.90 Å². The SMILES string of the molecule is O=C(O)c1ccc2oc(CN3CCCC3)cc2c1. The van der Waals surface area contributed by atoms with Crippen LogP contribution in [-0.2, 0) is 6.54 Å². The minimum Gasteiger partial charge on any atom is -0.478 e. The molecule has 0 atom stereocenters.